The van der Waals surface area contributed by atoms with Gasteiger partial charge < -0.3 is 5.32 Å². The van der Waals surface area contributed by atoms with Gasteiger partial charge in [0.15, 0.2) is 0 Å². The summed E-state index contributed by atoms with van der Waals surface area (Å²) in [7, 11) is 0. The van der Waals surface area contributed by atoms with E-state index in [2.05, 4.69) is 5.32 Å². The highest BCUT2D eigenvalue weighted by molar-refractivity contribution is 7.10. The summed E-state index contributed by atoms with van der Waals surface area (Å²) >= 11 is 1.47. The Hall–Kier alpha value is -3.85. The lowest BCUT2D eigenvalue weighted by molar-refractivity contribution is -0.385. The van der Waals surface area contributed by atoms with Crippen molar-refractivity contribution >= 4 is 34.7 Å². The molecule has 0 saturated heterocycles. The Bertz CT molecular complexity index is 1180. The first-order valence-corrected chi connectivity index (χ1v) is 10.3. The monoisotopic (exact) mass is 435 g/mol. The molecule has 1 aliphatic rings. The number of rotatable bonds is 6. The number of benzene rings is 2. The molecular formula is C22H17N3O5S. The predicted octanol–water partition coefficient (Wildman–Crippen LogP) is 3.55. The van der Waals surface area contributed by atoms with Crippen molar-refractivity contribution in [1.29, 1.82) is 0 Å². The molecule has 1 aromatic heterocycles. The quantitative estimate of drug-likeness (QED) is 0.362. The number of hydrogen-bond donors (Lipinski definition) is 1. The molecule has 3 aromatic rings. The van der Waals surface area contributed by atoms with Crippen LogP contribution >= 0.6 is 11.3 Å². The lowest BCUT2D eigenvalue weighted by Crippen LogP contribution is -2.48. The Morgan fingerprint density at radius 2 is 1.77 bits per heavy atom. The molecule has 4 rings (SSSR count). The fraction of sp³-hybridized carbons (Fsp3) is 0.136. The average Bonchev–Trinajstić information content (AvgIpc) is 3.39. The average molecular weight is 435 g/mol. The molecule has 31 heavy (non-hydrogen) atoms. The van der Waals surface area contributed by atoms with Gasteiger partial charge in [-0.15, -0.1) is 11.3 Å². The van der Waals surface area contributed by atoms with E-state index in [1.165, 1.54) is 36.5 Å². The van der Waals surface area contributed by atoms with Crippen LogP contribution in [-0.2, 0) is 4.79 Å². The van der Waals surface area contributed by atoms with E-state index in [9.17, 15) is 24.5 Å². The SMILES string of the molecule is C[C@H](C(=O)N[C@@H](c1ccccc1)c1cccs1)N1C(=O)c2cccc([N+](=O)[O-])c2C1=O. The fourth-order valence-corrected chi connectivity index (χ4v) is 4.39. The number of carbonyl (C=O) groups excluding carboxylic acids is 3. The van der Waals surface area contributed by atoms with Crippen LogP contribution in [0.3, 0.4) is 0 Å². The number of nitrogens with zero attached hydrogens (tertiary/aromatic N) is 2. The van der Waals surface area contributed by atoms with Crippen molar-refractivity contribution in [2.24, 2.45) is 0 Å². The van der Waals surface area contributed by atoms with Crippen molar-refractivity contribution in [3.8, 4) is 0 Å². The summed E-state index contributed by atoms with van der Waals surface area (Å²) in [5.74, 6) is -2.11. The summed E-state index contributed by atoms with van der Waals surface area (Å²) in [6.45, 7) is 1.43. The van der Waals surface area contributed by atoms with Crippen molar-refractivity contribution < 1.29 is 19.3 Å². The minimum Gasteiger partial charge on any atom is -0.343 e. The highest BCUT2D eigenvalue weighted by Crippen LogP contribution is 2.32. The van der Waals surface area contributed by atoms with Gasteiger partial charge in [0.1, 0.15) is 11.6 Å². The number of hydrogen-bond acceptors (Lipinski definition) is 6. The number of carbonyl (C=O) groups is 3. The van der Waals surface area contributed by atoms with Crippen LogP contribution in [0.5, 0.6) is 0 Å². The summed E-state index contributed by atoms with van der Waals surface area (Å²) < 4.78 is 0. The second-order valence-corrected chi connectivity index (χ2v) is 7.96. The smallest absolute Gasteiger partial charge is 0.282 e. The number of thiophene rings is 1. The molecule has 8 nitrogen and oxygen atoms in total. The first-order chi connectivity index (χ1) is 14.9. The molecule has 9 heteroatoms. The van der Waals surface area contributed by atoms with Crippen LogP contribution in [0.1, 0.15) is 44.1 Å². The Morgan fingerprint density at radius 3 is 2.42 bits per heavy atom. The molecule has 0 aliphatic carbocycles. The maximum absolute atomic E-state index is 13.1. The molecule has 0 bridgehead atoms. The topological polar surface area (TPSA) is 110 Å². The zero-order valence-electron chi connectivity index (χ0n) is 16.3. The van der Waals surface area contributed by atoms with Crippen LogP contribution in [0, 0.1) is 10.1 Å². The maximum atomic E-state index is 13.1. The van der Waals surface area contributed by atoms with Gasteiger partial charge in [-0.25, -0.2) is 0 Å². The van der Waals surface area contributed by atoms with Crippen molar-refractivity contribution in [3.63, 3.8) is 0 Å². The summed E-state index contributed by atoms with van der Waals surface area (Å²) in [4.78, 5) is 51.1. The summed E-state index contributed by atoms with van der Waals surface area (Å²) in [6.07, 6.45) is 0. The van der Waals surface area contributed by atoms with Gasteiger partial charge in [-0.3, -0.25) is 29.4 Å². The van der Waals surface area contributed by atoms with Gasteiger partial charge in [0.2, 0.25) is 5.91 Å². The second-order valence-electron chi connectivity index (χ2n) is 6.98. The molecule has 1 aliphatic heterocycles. The van der Waals surface area contributed by atoms with Crippen LogP contribution in [0.15, 0.2) is 66.0 Å². The minimum absolute atomic E-state index is 0.0725. The third-order valence-electron chi connectivity index (χ3n) is 5.13. The Morgan fingerprint density at radius 1 is 1.03 bits per heavy atom. The summed E-state index contributed by atoms with van der Waals surface area (Å²) in [5, 5.41) is 16.1. The number of imide groups is 1. The van der Waals surface area contributed by atoms with E-state index in [-0.39, 0.29) is 11.1 Å². The van der Waals surface area contributed by atoms with Gasteiger partial charge in [0, 0.05) is 10.9 Å². The van der Waals surface area contributed by atoms with Crippen molar-refractivity contribution in [2.45, 2.75) is 19.0 Å². The van der Waals surface area contributed by atoms with E-state index in [0.29, 0.717) is 0 Å². The molecular weight excluding hydrogens is 418 g/mol. The first kappa shape index (κ1) is 20.4. The van der Waals surface area contributed by atoms with Gasteiger partial charge in [-0.05, 0) is 30.0 Å². The van der Waals surface area contributed by atoms with E-state index < -0.39 is 40.4 Å². The van der Waals surface area contributed by atoms with Crippen LogP contribution in [0.2, 0.25) is 0 Å². The molecule has 0 spiro atoms. The van der Waals surface area contributed by atoms with E-state index in [4.69, 9.17) is 0 Å². The Kier molecular flexibility index (Phi) is 5.35. The fourth-order valence-electron chi connectivity index (χ4n) is 3.59. The highest BCUT2D eigenvalue weighted by Gasteiger charge is 2.45. The Labute approximate surface area is 181 Å². The largest absolute Gasteiger partial charge is 0.343 e. The molecule has 2 heterocycles. The molecule has 0 saturated carbocycles. The normalized spacial score (nSPS) is 14.8. The van der Waals surface area contributed by atoms with E-state index in [0.717, 1.165) is 15.3 Å². The second kappa shape index (κ2) is 8.11. The first-order valence-electron chi connectivity index (χ1n) is 9.44. The van der Waals surface area contributed by atoms with Gasteiger partial charge in [0.25, 0.3) is 17.5 Å². The molecule has 0 unspecified atom stereocenters. The molecule has 1 N–H and O–H groups in total. The van der Waals surface area contributed by atoms with Gasteiger partial charge in [-0.2, -0.15) is 0 Å². The van der Waals surface area contributed by atoms with Crippen molar-refractivity contribution in [1.82, 2.24) is 10.2 Å². The zero-order valence-corrected chi connectivity index (χ0v) is 17.2. The lowest BCUT2D eigenvalue weighted by Gasteiger charge is -2.25. The number of nitro benzene ring substituents is 1. The molecule has 0 fully saturated rings. The van der Waals surface area contributed by atoms with Gasteiger partial charge in [-0.1, -0.05) is 42.5 Å². The lowest BCUT2D eigenvalue weighted by atomic mass is 10.0. The van der Waals surface area contributed by atoms with Gasteiger partial charge >= 0.3 is 0 Å². The number of nitrogens with one attached hydrogen (secondary N) is 1. The number of amides is 3. The third-order valence-corrected chi connectivity index (χ3v) is 6.07. The van der Waals surface area contributed by atoms with Crippen LogP contribution in [-0.4, -0.2) is 33.6 Å². The highest BCUT2D eigenvalue weighted by atomic mass is 32.1. The van der Waals surface area contributed by atoms with E-state index in [1.54, 1.807) is 0 Å². The molecule has 156 valence electrons. The molecule has 3 amide bonds. The van der Waals surface area contributed by atoms with Crippen LogP contribution in [0.25, 0.3) is 0 Å². The summed E-state index contributed by atoms with van der Waals surface area (Å²) in [5.41, 5.74) is 0.0435. The van der Waals surface area contributed by atoms with Crippen LogP contribution in [0.4, 0.5) is 5.69 Å². The molecule has 0 radical (unpaired) electrons. The predicted molar refractivity (Wildman–Crippen MR) is 114 cm³/mol. The zero-order chi connectivity index (χ0) is 22.1. The van der Waals surface area contributed by atoms with E-state index in [1.807, 2.05) is 47.8 Å². The minimum atomic E-state index is -1.15. The summed E-state index contributed by atoms with van der Waals surface area (Å²) in [6, 6.07) is 15.3. The van der Waals surface area contributed by atoms with E-state index >= 15 is 0 Å². The third kappa shape index (κ3) is 3.59. The van der Waals surface area contributed by atoms with Gasteiger partial charge in [0.05, 0.1) is 16.5 Å². The number of fused-ring (bicyclic) bond motifs is 1. The van der Waals surface area contributed by atoms with Crippen LogP contribution < -0.4 is 5.32 Å². The standard InChI is InChI=1S/C22H17N3O5S/c1-13(24-21(27)15-9-5-10-16(25(29)30)18(15)22(24)28)20(26)23-19(17-11-6-12-31-17)14-7-3-2-4-8-14/h2-13,19H,1H3,(H,23,26)/t13-,19+/m1/s1. The van der Waals surface area contributed by atoms with Crippen molar-refractivity contribution in [3.05, 3.63) is 97.7 Å². The molecule has 2 atom stereocenters. The van der Waals surface area contributed by atoms with Crippen molar-refractivity contribution in [2.75, 3.05) is 0 Å². The molecule has 2 aromatic carbocycles. The Balaban J connectivity index is 1.62. The maximum Gasteiger partial charge on any atom is 0.282 e. The number of nitro groups is 1.